The molecule has 1 fully saturated rings. The van der Waals surface area contributed by atoms with Gasteiger partial charge in [-0.15, -0.1) is 0 Å². The highest BCUT2D eigenvalue weighted by Crippen LogP contribution is 2.43. The molecule has 0 saturated carbocycles. The summed E-state index contributed by atoms with van der Waals surface area (Å²) in [5.41, 5.74) is 2.42. The normalized spacial score (nSPS) is 18.0. The van der Waals surface area contributed by atoms with Gasteiger partial charge < -0.3 is 9.64 Å². The van der Waals surface area contributed by atoms with E-state index in [9.17, 15) is 9.59 Å². The van der Waals surface area contributed by atoms with Crippen LogP contribution in [-0.4, -0.2) is 35.3 Å². The van der Waals surface area contributed by atoms with Gasteiger partial charge in [0.1, 0.15) is 11.4 Å². The maximum absolute atomic E-state index is 12.9. The number of ether oxygens (including phenoxy) is 1. The molecule has 1 saturated heterocycles. The molecule has 1 amide bonds. The van der Waals surface area contributed by atoms with E-state index in [1.165, 1.54) is 0 Å². The van der Waals surface area contributed by atoms with Crippen LogP contribution in [0.3, 0.4) is 0 Å². The number of likely N-dealkylation sites (tertiary alicyclic amines) is 1. The summed E-state index contributed by atoms with van der Waals surface area (Å²) in [6, 6.07) is 9.31. The number of Topliss-reactive ketones (excluding diaryl/α,β-unsaturated/α-hetero) is 1. The lowest BCUT2D eigenvalue weighted by Gasteiger charge is -2.44. The van der Waals surface area contributed by atoms with Crippen molar-refractivity contribution in [2.24, 2.45) is 0 Å². The second-order valence-corrected chi connectivity index (χ2v) is 8.89. The summed E-state index contributed by atoms with van der Waals surface area (Å²) in [6.45, 7) is 4.92. The number of amides is 1. The number of halogens is 2. The Balaban J connectivity index is 1.54. The molecule has 2 aromatic carbocycles. The highest BCUT2D eigenvalue weighted by Gasteiger charge is 2.44. The van der Waals surface area contributed by atoms with Crippen LogP contribution in [0.4, 0.5) is 0 Å². The van der Waals surface area contributed by atoms with E-state index >= 15 is 0 Å². The van der Waals surface area contributed by atoms with Gasteiger partial charge in [0.15, 0.2) is 5.78 Å². The minimum atomic E-state index is -0.540. The monoisotopic (exact) mass is 461 g/mol. The number of benzene rings is 2. The topological polar surface area (TPSA) is 46.6 Å². The minimum absolute atomic E-state index is 0.00309. The number of ketones is 1. The Bertz CT molecular complexity index is 980. The molecule has 146 valence electrons. The molecule has 0 aliphatic carbocycles. The second-order valence-electron chi connectivity index (χ2n) is 7.66. The summed E-state index contributed by atoms with van der Waals surface area (Å²) in [6.07, 6.45) is 1.60. The number of hydrogen-bond acceptors (Lipinski definition) is 3. The van der Waals surface area contributed by atoms with Gasteiger partial charge in [-0.3, -0.25) is 9.59 Å². The number of nitrogens with zero attached hydrogens (tertiary/aromatic N) is 1. The van der Waals surface area contributed by atoms with Gasteiger partial charge in [-0.25, -0.2) is 0 Å². The van der Waals surface area contributed by atoms with E-state index in [1.54, 1.807) is 0 Å². The highest BCUT2D eigenvalue weighted by atomic mass is 79.9. The molecule has 0 bridgehead atoms. The zero-order valence-electron chi connectivity index (χ0n) is 15.9. The van der Waals surface area contributed by atoms with E-state index in [-0.39, 0.29) is 11.7 Å². The number of aryl methyl sites for hydroxylation is 1. The third-order valence-corrected chi connectivity index (χ3v) is 7.07. The van der Waals surface area contributed by atoms with E-state index in [1.807, 2.05) is 49.1 Å². The molecule has 2 aliphatic heterocycles. The average Bonchev–Trinajstić information content (AvgIpc) is 2.66. The molecule has 4 nitrogen and oxygen atoms in total. The zero-order chi connectivity index (χ0) is 20.1. The molecular weight excluding hydrogens is 442 g/mol. The molecule has 0 atom stereocenters. The van der Waals surface area contributed by atoms with Crippen molar-refractivity contribution in [3.63, 3.8) is 0 Å². The first kappa shape index (κ1) is 19.5. The van der Waals surface area contributed by atoms with Crippen molar-refractivity contribution in [3.05, 3.63) is 62.1 Å². The van der Waals surface area contributed by atoms with Crippen molar-refractivity contribution in [1.82, 2.24) is 4.90 Å². The number of carbonyl (C=O) groups is 2. The van der Waals surface area contributed by atoms with Crippen molar-refractivity contribution in [2.45, 2.75) is 38.7 Å². The Hall–Kier alpha value is -1.85. The van der Waals surface area contributed by atoms with Gasteiger partial charge in [-0.2, -0.15) is 0 Å². The van der Waals surface area contributed by atoms with E-state index in [4.69, 9.17) is 16.3 Å². The minimum Gasteiger partial charge on any atom is -0.486 e. The van der Waals surface area contributed by atoms with Crippen LogP contribution in [-0.2, 0) is 0 Å². The smallest absolute Gasteiger partial charge is 0.255 e. The number of piperidine rings is 1. The highest BCUT2D eigenvalue weighted by molar-refractivity contribution is 9.10. The van der Waals surface area contributed by atoms with Crippen molar-refractivity contribution in [3.8, 4) is 5.75 Å². The number of fused-ring (bicyclic) bond motifs is 1. The van der Waals surface area contributed by atoms with Crippen LogP contribution < -0.4 is 4.74 Å². The summed E-state index contributed by atoms with van der Waals surface area (Å²) < 4.78 is 7.17. The Labute approximate surface area is 177 Å². The van der Waals surface area contributed by atoms with Gasteiger partial charge in [-0.1, -0.05) is 23.7 Å². The first-order chi connectivity index (χ1) is 13.3. The predicted molar refractivity (Wildman–Crippen MR) is 113 cm³/mol. The van der Waals surface area contributed by atoms with Gasteiger partial charge >= 0.3 is 0 Å². The van der Waals surface area contributed by atoms with Crippen LogP contribution in [0.5, 0.6) is 5.75 Å². The fourth-order valence-electron chi connectivity index (χ4n) is 4.20. The molecule has 28 heavy (non-hydrogen) atoms. The maximum atomic E-state index is 12.9. The molecule has 0 radical (unpaired) electrons. The molecule has 0 unspecified atom stereocenters. The number of rotatable bonds is 1. The van der Waals surface area contributed by atoms with E-state index < -0.39 is 5.60 Å². The van der Waals surface area contributed by atoms with Crippen molar-refractivity contribution in [2.75, 3.05) is 13.1 Å². The first-order valence-electron chi connectivity index (χ1n) is 9.37. The van der Waals surface area contributed by atoms with Gasteiger partial charge in [0.25, 0.3) is 5.91 Å². The maximum Gasteiger partial charge on any atom is 0.255 e. The molecular formula is C22H21BrClNO3. The summed E-state index contributed by atoms with van der Waals surface area (Å²) in [5.74, 6) is 0.704. The fourth-order valence-corrected chi connectivity index (χ4v) is 4.80. The van der Waals surface area contributed by atoms with Gasteiger partial charge in [0.05, 0.1) is 17.5 Å². The lowest BCUT2D eigenvalue weighted by molar-refractivity contribution is -0.00582. The van der Waals surface area contributed by atoms with Crippen LogP contribution in [0.1, 0.15) is 51.1 Å². The van der Waals surface area contributed by atoms with Crippen LogP contribution in [0.15, 0.2) is 34.8 Å². The van der Waals surface area contributed by atoms with E-state index in [2.05, 4.69) is 15.9 Å². The van der Waals surface area contributed by atoms with Crippen LogP contribution in [0.2, 0.25) is 5.02 Å². The quantitative estimate of drug-likeness (QED) is 0.573. The Morgan fingerprint density at radius 3 is 2.57 bits per heavy atom. The zero-order valence-corrected chi connectivity index (χ0v) is 18.2. The molecule has 1 spiro atoms. The molecule has 0 N–H and O–H groups in total. The summed E-state index contributed by atoms with van der Waals surface area (Å²) in [5, 5.41) is 0.625. The second kappa shape index (κ2) is 7.20. The summed E-state index contributed by atoms with van der Waals surface area (Å²) >= 11 is 9.78. The van der Waals surface area contributed by atoms with Crippen LogP contribution in [0.25, 0.3) is 0 Å². The first-order valence-corrected chi connectivity index (χ1v) is 10.5. The Morgan fingerprint density at radius 2 is 1.89 bits per heavy atom. The van der Waals surface area contributed by atoms with Gasteiger partial charge in [0.2, 0.25) is 0 Å². The molecule has 0 aromatic heterocycles. The molecule has 6 heteroatoms. The number of hydrogen-bond donors (Lipinski definition) is 0. The summed E-state index contributed by atoms with van der Waals surface area (Å²) in [4.78, 5) is 27.6. The third-order valence-electron chi connectivity index (χ3n) is 5.80. The van der Waals surface area contributed by atoms with Crippen molar-refractivity contribution in [1.29, 1.82) is 0 Å². The van der Waals surface area contributed by atoms with Crippen LogP contribution in [0, 0.1) is 13.8 Å². The lowest BCUT2D eigenvalue weighted by atomic mass is 9.81. The lowest BCUT2D eigenvalue weighted by Crippen LogP contribution is -2.52. The molecule has 2 aromatic rings. The Kier molecular flexibility index (Phi) is 5.00. The number of carbonyl (C=O) groups excluding carboxylic acids is 2. The third kappa shape index (κ3) is 3.25. The average molecular weight is 463 g/mol. The fraction of sp³-hybridized carbons (Fsp3) is 0.364. The molecule has 2 aliphatic rings. The Morgan fingerprint density at radius 1 is 1.21 bits per heavy atom. The molecule has 2 heterocycles. The largest absolute Gasteiger partial charge is 0.486 e. The van der Waals surface area contributed by atoms with Gasteiger partial charge in [0, 0.05) is 35.4 Å². The van der Waals surface area contributed by atoms with Gasteiger partial charge in [-0.05, 0) is 59.1 Å². The predicted octanol–water partition coefficient (Wildman–Crippen LogP) is 5.36. The molecule has 4 rings (SSSR count). The van der Waals surface area contributed by atoms with E-state index in [0.717, 1.165) is 15.6 Å². The SMILES string of the molecule is Cc1cc2c(c(C)c1Cl)C(=O)CC1(CCN(C(=O)c3ccccc3Br)CC1)O2. The van der Waals surface area contributed by atoms with Crippen molar-refractivity contribution < 1.29 is 14.3 Å². The van der Waals surface area contributed by atoms with Crippen LogP contribution >= 0.6 is 27.5 Å². The standard InChI is InChI=1S/C22H21BrClNO3/c1-13-11-18-19(14(2)20(13)24)17(26)12-22(28-18)7-9-25(10-8-22)21(27)15-5-3-4-6-16(15)23/h3-6,11H,7-10,12H2,1-2H3. The summed E-state index contributed by atoms with van der Waals surface area (Å²) in [7, 11) is 0. The van der Waals surface area contributed by atoms with E-state index in [0.29, 0.717) is 54.3 Å². The van der Waals surface area contributed by atoms with Crippen molar-refractivity contribution >= 4 is 39.2 Å².